The Bertz CT molecular complexity index is 504. The zero-order chi connectivity index (χ0) is 12.1. The highest BCUT2D eigenvalue weighted by Gasteiger charge is 2.01. The number of halogens is 1. The minimum absolute atomic E-state index is 0.747. The van der Waals surface area contributed by atoms with Crippen molar-refractivity contribution in [3.8, 4) is 0 Å². The van der Waals surface area contributed by atoms with Crippen LogP contribution in [0.25, 0.3) is 0 Å². The molecule has 17 heavy (non-hydrogen) atoms. The van der Waals surface area contributed by atoms with Gasteiger partial charge in [-0.3, -0.25) is 4.79 Å². The molecule has 0 unspecified atom stereocenters. The van der Waals surface area contributed by atoms with Crippen molar-refractivity contribution in [2.75, 3.05) is 0 Å². The lowest BCUT2D eigenvalue weighted by atomic mass is 10.1. The molecule has 1 heterocycles. The summed E-state index contributed by atoms with van der Waals surface area (Å²) in [4.78, 5) is 10.7. The molecule has 0 aliphatic heterocycles. The van der Waals surface area contributed by atoms with E-state index in [0.717, 1.165) is 35.8 Å². The Hall–Kier alpha value is -1.35. The fourth-order valence-corrected chi connectivity index (χ4v) is 2.36. The highest BCUT2D eigenvalue weighted by atomic mass is 79.9. The molecular weight excluding hydrogens is 278 g/mol. The molecule has 2 aromatic rings. The molecule has 0 saturated carbocycles. The number of aryl methyl sites for hydroxylation is 2. The van der Waals surface area contributed by atoms with E-state index >= 15 is 0 Å². The molecule has 0 fully saturated rings. The van der Waals surface area contributed by atoms with E-state index in [1.54, 1.807) is 0 Å². The average molecular weight is 292 g/mol. The van der Waals surface area contributed by atoms with Gasteiger partial charge in [-0.1, -0.05) is 34.1 Å². The van der Waals surface area contributed by atoms with Crippen LogP contribution in [0.2, 0.25) is 0 Å². The number of carbonyl (C=O) groups is 1. The van der Waals surface area contributed by atoms with E-state index in [0.29, 0.717) is 0 Å². The first-order valence-corrected chi connectivity index (χ1v) is 6.44. The summed E-state index contributed by atoms with van der Waals surface area (Å²) < 4.78 is 3.15. The van der Waals surface area contributed by atoms with E-state index < -0.39 is 0 Å². The third kappa shape index (κ3) is 3.07. The van der Waals surface area contributed by atoms with Crippen LogP contribution >= 0.6 is 15.9 Å². The Balaban J connectivity index is 1.92. The number of carbonyl (C=O) groups excluding carboxylic acids is 1. The number of rotatable bonds is 5. The number of benzene rings is 1. The normalized spacial score (nSPS) is 10.4. The van der Waals surface area contributed by atoms with Crippen LogP contribution in [-0.2, 0) is 13.0 Å². The monoisotopic (exact) mass is 291 g/mol. The summed E-state index contributed by atoms with van der Waals surface area (Å²) in [6, 6.07) is 12.0. The number of nitrogens with zero attached hydrogens (tertiary/aromatic N) is 1. The summed E-state index contributed by atoms with van der Waals surface area (Å²) in [5, 5.41) is 0. The van der Waals surface area contributed by atoms with Crippen LogP contribution < -0.4 is 0 Å². The van der Waals surface area contributed by atoms with E-state index in [-0.39, 0.29) is 0 Å². The second-order valence-corrected chi connectivity index (χ2v) is 4.79. The van der Waals surface area contributed by atoms with Crippen molar-refractivity contribution >= 4 is 22.2 Å². The number of aldehydes is 1. The van der Waals surface area contributed by atoms with Gasteiger partial charge in [-0.15, -0.1) is 0 Å². The predicted molar refractivity (Wildman–Crippen MR) is 72.3 cm³/mol. The second-order valence-electron chi connectivity index (χ2n) is 3.94. The number of hydrogen-bond acceptors (Lipinski definition) is 1. The van der Waals surface area contributed by atoms with Crippen molar-refractivity contribution in [1.82, 2.24) is 4.57 Å². The smallest absolute Gasteiger partial charge is 0.166 e. The van der Waals surface area contributed by atoms with Crippen LogP contribution in [0.15, 0.2) is 47.1 Å². The van der Waals surface area contributed by atoms with Gasteiger partial charge < -0.3 is 4.57 Å². The molecular formula is C14H14BrNO. The molecule has 0 atom stereocenters. The van der Waals surface area contributed by atoms with E-state index in [1.807, 2.05) is 35.0 Å². The van der Waals surface area contributed by atoms with Crippen LogP contribution in [0.3, 0.4) is 0 Å². The largest absolute Gasteiger partial charge is 0.345 e. The first-order chi connectivity index (χ1) is 8.31. The fraction of sp³-hybridized carbons (Fsp3) is 0.214. The molecule has 0 N–H and O–H groups in total. The maximum atomic E-state index is 10.7. The van der Waals surface area contributed by atoms with E-state index in [1.165, 1.54) is 5.56 Å². The van der Waals surface area contributed by atoms with Gasteiger partial charge in [-0.25, -0.2) is 0 Å². The molecule has 0 bridgehead atoms. The zero-order valence-electron chi connectivity index (χ0n) is 9.47. The summed E-state index contributed by atoms with van der Waals surface area (Å²) >= 11 is 3.54. The maximum Gasteiger partial charge on any atom is 0.166 e. The topological polar surface area (TPSA) is 22.0 Å². The second kappa shape index (κ2) is 5.82. The molecule has 0 radical (unpaired) electrons. The minimum atomic E-state index is 0.747. The van der Waals surface area contributed by atoms with Crippen molar-refractivity contribution in [2.24, 2.45) is 0 Å². The van der Waals surface area contributed by atoms with Gasteiger partial charge in [0.1, 0.15) is 0 Å². The van der Waals surface area contributed by atoms with Gasteiger partial charge in [0.15, 0.2) is 6.29 Å². The summed E-state index contributed by atoms with van der Waals surface area (Å²) in [5.41, 5.74) is 2.06. The van der Waals surface area contributed by atoms with Gasteiger partial charge >= 0.3 is 0 Å². The van der Waals surface area contributed by atoms with E-state index in [9.17, 15) is 4.79 Å². The van der Waals surface area contributed by atoms with Crippen molar-refractivity contribution < 1.29 is 4.79 Å². The van der Waals surface area contributed by atoms with Crippen LogP contribution in [0, 0.1) is 0 Å². The third-order valence-electron chi connectivity index (χ3n) is 2.79. The molecule has 0 aliphatic carbocycles. The molecule has 0 aliphatic rings. The van der Waals surface area contributed by atoms with Crippen molar-refractivity contribution in [2.45, 2.75) is 19.4 Å². The van der Waals surface area contributed by atoms with Crippen LogP contribution in [0.4, 0.5) is 0 Å². The van der Waals surface area contributed by atoms with Gasteiger partial charge in [-0.05, 0) is 36.6 Å². The average Bonchev–Trinajstić information content (AvgIpc) is 2.79. The van der Waals surface area contributed by atoms with Gasteiger partial charge in [-0.2, -0.15) is 0 Å². The van der Waals surface area contributed by atoms with E-state index in [4.69, 9.17) is 0 Å². The van der Waals surface area contributed by atoms with E-state index in [2.05, 4.69) is 28.1 Å². The van der Waals surface area contributed by atoms with Crippen LogP contribution in [0.1, 0.15) is 22.5 Å². The summed E-state index contributed by atoms with van der Waals surface area (Å²) in [7, 11) is 0. The number of hydrogen-bond donors (Lipinski definition) is 0. The Labute approximate surface area is 109 Å². The highest BCUT2D eigenvalue weighted by molar-refractivity contribution is 9.10. The Morgan fingerprint density at radius 1 is 1.18 bits per heavy atom. The summed E-state index contributed by atoms with van der Waals surface area (Å²) in [5.74, 6) is 0. The quantitative estimate of drug-likeness (QED) is 0.770. The van der Waals surface area contributed by atoms with Crippen molar-refractivity contribution in [1.29, 1.82) is 0 Å². The predicted octanol–water partition coefficient (Wildman–Crippen LogP) is 3.70. The van der Waals surface area contributed by atoms with Gasteiger partial charge in [0, 0.05) is 17.2 Å². The molecule has 2 rings (SSSR count). The van der Waals surface area contributed by atoms with Crippen molar-refractivity contribution in [3.63, 3.8) is 0 Å². The molecule has 0 amide bonds. The lowest BCUT2D eigenvalue weighted by molar-refractivity contribution is 0.111. The standard InChI is InChI=1S/C14H14BrNO/c15-14-8-2-1-5-12(14)6-3-9-16-10-4-7-13(16)11-17/h1-2,4-5,7-8,10-11H,3,6,9H2. The van der Waals surface area contributed by atoms with Crippen LogP contribution in [-0.4, -0.2) is 10.9 Å². The number of aromatic nitrogens is 1. The molecule has 88 valence electrons. The Morgan fingerprint density at radius 2 is 2.00 bits per heavy atom. The fourth-order valence-electron chi connectivity index (χ4n) is 1.88. The lowest BCUT2D eigenvalue weighted by Crippen LogP contribution is -2.02. The summed E-state index contributed by atoms with van der Waals surface area (Å²) in [6.45, 7) is 0.877. The highest BCUT2D eigenvalue weighted by Crippen LogP contribution is 2.17. The van der Waals surface area contributed by atoms with Gasteiger partial charge in [0.25, 0.3) is 0 Å². The van der Waals surface area contributed by atoms with Gasteiger partial charge in [0.2, 0.25) is 0 Å². The first-order valence-electron chi connectivity index (χ1n) is 5.65. The van der Waals surface area contributed by atoms with Crippen LogP contribution in [0.5, 0.6) is 0 Å². The Kier molecular flexibility index (Phi) is 4.15. The van der Waals surface area contributed by atoms with Crippen molar-refractivity contribution in [3.05, 3.63) is 58.3 Å². The molecule has 1 aromatic heterocycles. The maximum absolute atomic E-state index is 10.7. The summed E-state index contributed by atoms with van der Waals surface area (Å²) in [6.07, 6.45) is 4.89. The molecule has 0 saturated heterocycles. The molecule has 3 heteroatoms. The SMILES string of the molecule is O=Cc1cccn1CCCc1ccccc1Br. The first kappa shape index (κ1) is 12.1. The lowest BCUT2D eigenvalue weighted by Gasteiger charge is -2.06. The Morgan fingerprint density at radius 3 is 2.76 bits per heavy atom. The van der Waals surface area contributed by atoms with Gasteiger partial charge in [0.05, 0.1) is 5.69 Å². The molecule has 0 spiro atoms. The molecule has 2 nitrogen and oxygen atoms in total. The third-order valence-corrected chi connectivity index (χ3v) is 3.56. The zero-order valence-corrected chi connectivity index (χ0v) is 11.1. The molecule has 1 aromatic carbocycles. The minimum Gasteiger partial charge on any atom is -0.345 e.